The Balaban J connectivity index is 2.12. The largest absolute Gasteiger partial charge is 0.497 e. The molecule has 5 nitrogen and oxygen atoms in total. The van der Waals surface area contributed by atoms with E-state index in [1.165, 1.54) is 18.4 Å². The number of ether oxygens (including phenoxy) is 2. The highest BCUT2D eigenvalue weighted by Gasteiger charge is 2.14. The Bertz CT molecular complexity index is 1040. The highest BCUT2D eigenvalue weighted by atomic mass is 35.5. The van der Waals surface area contributed by atoms with Crippen LogP contribution in [0.1, 0.15) is 15.9 Å². The zero-order valence-electron chi connectivity index (χ0n) is 14.3. The predicted octanol–water partition coefficient (Wildman–Crippen LogP) is 3.96. The van der Waals surface area contributed by atoms with Crippen LogP contribution in [0.4, 0.5) is 0 Å². The van der Waals surface area contributed by atoms with E-state index in [1.807, 2.05) is 30.7 Å². The summed E-state index contributed by atoms with van der Waals surface area (Å²) in [6.07, 6.45) is 0. The van der Waals surface area contributed by atoms with Crippen LogP contribution in [0.2, 0.25) is 5.02 Å². The summed E-state index contributed by atoms with van der Waals surface area (Å²) in [4.78, 5) is 17.5. The van der Waals surface area contributed by atoms with Gasteiger partial charge >= 0.3 is 0 Å². The lowest BCUT2D eigenvalue weighted by atomic mass is 10.2. The maximum Gasteiger partial charge on any atom is 0.283 e. The van der Waals surface area contributed by atoms with Gasteiger partial charge in [0, 0.05) is 18.1 Å². The molecule has 0 aliphatic heterocycles. The highest BCUT2D eigenvalue weighted by Crippen LogP contribution is 2.27. The van der Waals surface area contributed by atoms with Crippen molar-refractivity contribution in [1.82, 2.24) is 4.57 Å². The first-order chi connectivity index (χ1) is 11.9. The third kappa shape index (κ3) is 3.27. The van der Waals surface area contributed by atoms with Gasteiger partial charge in [-0.2, -0.15) is 4.99 Å². The summed E-state index contributed by atoms with van der Waals surface area (Å²) in [5.74, 6) is 0.674. The van der Waals surface area contributed by atoms with Crippen LogP contribution in [0.15, 0.2) is 35.3 Å². The normalized spacial score (nSPS) is 11.8. The van der Waals surface area contributed by atoms with Crippen LogP contribution in [-0.4, -0.2) is 24.7 Å². The standard InChI is InChI=1S/C18H17ClN2O3S/c1-10-7-11(19)8-15-16(10)21(2)18(25-15)20-17(22)13-6-5-12(23-3)9-14(13)24-4/h5-9H,1-4H3. The Kier molecular flexibility index (Phi) is 4.83. The molecule has 0 saturated heterocycles. The Labute approximate surface area is 154 Å². The number of aryl methyl sites for hydroxylation is 2. The van der Waals surface area contributed by atoms with E-state index in [1.54, 1.807) is 25.3 Å². The summed E-state index contributed by atoms with van der Waals surface area (Å²) >= 11 is 7.55. The van der Waals surface area contributed by atoms with Crippen molar-refractivity contribution in [1.29, 1.82) is 0 Å². The predicted molar refractivity (Wildman–Crippen MR) is 100.0 cm³/mol. The molecule has 0 atom stereocenters. The Hall–Kier alpha value is -2.31. The molecule has 130 valence electrons. The molecule has 0 aliphatic carbocycles. The van der Waals surface area contributed by atoms with Gasteiger partial charge < -0.3 is 14.0 Å². The number of carbonyl (C=O) groups is 1. The third-order valence-corrected chi connectivity index (χ3v) is 5.19. The van der Waals surface area contributed by atoms with E-state index in [4.69, 9.17) is 21.1 Å². The first-order valence-electron chi connectivity index (χ1n) is 7.51. The minimum Gasteiger partial charge on any atom is -0.497 e. The lowest BCUT2D eigenvalue weighted by Gasteiger charge is -2.07. The molecule has 0 unspecified atom stereocenters. The van der Waals surface area contributed by atoms with Gasteiger partial charge in [0.25, 0.3) is 5.91 Å². The summed E-state index contributed by atoms with van der Waals surface area (Å²) < 4.78 is 13.3. The summed E-state index contributed by atoms with van der Waals surface area (Å²) in [6, 6.07) is 8.80. The molecular formula is C18H17ClN2O3S. The summed E-state index contributed by atoms with van der Waals surface area (Å²) in [6.45, 7) is 1.99. The van der Waals surface area contributed by atoms with E-state index in [9.17, 15) is 4.79 Å². The van der Waals surface area contributed by atoms with E-state index in [-0.39, 0.29) is 5.91 Å². The van der Waals surface area contributed by atoms with Crippen LogP contribution >= 0.6 is 22.9 Å². The molecule has 3 aromatic rings. The molecule has 0 fully saturated rings. The molecule has 0 aliphatic rings. The average Bonchev–Trinajstić information content (AvgIpc) is 2.89. The molecule has 3 rings (SSSR count). The van der Waals surface area contributed by atoms with Crippen LogP contribution in [0.25, 0.3) is 10.2 Å². The SMILES string of the molecule is COc1ccc(C(=O)N=c2sc3cc(Cl)cc(C)c3n2C)c(OC)c1. The number of nitrogens with zero attached hydrogens (tertiary/aromatic N) is 2. The maximum atomic E-state index is 12.7. The van der Waals surface area contributed by atoms with Crippen LogP contribution in [0.3, 0.4) is 0 Å². The topological polar surface area (TPSA) is 52.8 Å². The van der Waals surface area contributed by atoms with Gasteiger partial charge in [-0.05, 0) is 36.8 Å². The number of carbonyl (C=O) groups excluding carboxylic acids is 1. The van der Waals surface area contributed by atoms with Crippen molar-refractivity contribution < 1.29 is 14.3 Å². The van der Waals surface area contributed by atoms with Crippen molar-refractivity contribution in [2.45, 2.75) is 6.92 Å². The molecule has 0 bridgehead atoms. The second-order valence-corrected chi connectivity index (χ2v) is 6.94. The zero-order valence-corrected chi connectivity index (χ0v) is 15.9. The van der Waals surface area contributed by atoms with E-state index in [0.29, 0.717) is 26.9 Å². The van der Waals surface area contributed by atoms with Gasteiger partial charge in [-0.25, -0.2) is 0 Å². The summed E-state index contributed by atoms with van der Waals surface area (Å²) in [5, 5.41) is 0.668. The van der Waals surface area contributed by atoms with Gasteiger partial charge in [-0.3, -0.25) is 4.79 Å². The van der Waals surface area contributed by atoms with Gasteiger partial charge in [-0.1, -0.05) is 22.9 Å². The third-order valence-electron chi connectivity index (χ3n) is 3.89. The second-order valence-electron chi connectivity index (χ2n) is 5.50. The van der Waals surface area contributed by atoms with Crippen molar-refractivity contribution >= 4 is 39.1 Å². The Morgan fingerprint density at radius 3 is 2.64 bits per heavy atom. The van der Waals surface area contributed by atoms with Crippen molar-refractivity contribution in [3.63, 3.8) is 0 Å². The second kappa shape index (κ2) is 6.90. The van der Waals surface area contributed by atoms with Gasteiger partial charge in [0.1, 0.15) is 11.5 Å². The Morgan fingerprint density at radius 2 is 1.96 bits per heavy atom. The summed E-state index contributed by atoms with van der Waals surface area (Å²) in [7, 11) is 4.96. The number of benzene rings is 2. The Morgan fingerprint density at radius 1 is 1.20 bits per heavy atom. The number of hydrogen-bond donors (Lipinski definition) is 0. The van der Waals surface area contributed by atoms with Gasteiger partial charge in [0.15, 0.2) is 4.80 Å². The molecule has 0 saturated carbocycles. The minimum absolute atomic E-state index is 0.370. The average molecular weight is 377 g/mol. The molecular weight excluding hydrogens is 360 g/mol. The number of methoxy groups -OCH3 is 2. The summed E-state index contributed by atoms with van der Waals surface area (Å²) in [5.41, 5.74) is 2.44. The molecule has 7 heteroatoms. The molecule has 2 aromatic carbocycles. The molecule has 0 spiro atoms. The van der Waals surface area contributed by atoms with Crippen molar-refractivity contribution in [2.75, 3.05) is 14.2 Å². The number of rotatable bonds is 3. The number of thiazole rings is 1. The van der Waals surface area contributed by atoms with E-state index >= 15 is 0 Å². The number of aromatic nitrogens is 1. The monoisotopic (exact) mass is 376 g/mol. The van der Waals surface area contributed by atoms with E-state index < -0.39 is 0 Å². The number of fused-ring (bicyclic) bond motifs is 1. The van der Waals surface area contributed by atoms with Crippen molar-refractivity contribution in [2.24, 2.45) is 12.0 Å². The van der Waals surface area contributed by atoms with Crippen LogP contribution in [0.5, 0.6) is 11.5 Å². The highest BCUT2D eigenvalue weighted by molar-refractivity contribution is 7.16. The van der Waals surface area contributed by atoms with E-state index in [2.05, 4.69) is 4.99 Å². The number of halogens is 1. The molecule has 1 amide bonds. The van der Waals surface area contributed by atoms with Crippen LogP contribution < -0.4 is 14.3 Å². The molecule has 1 aromatic heterocycles. The number of amides is 1. The first-order valence-corrected chi connectivity index (χ1v) is 8.70. The van der Waals surface area contributed by atoms with Crippen LogP contribution in [-0.2, 0) is 7.05 Å². The van der Waals surface area contributed by atoms with Crippen molar-refractivity contribution in [3.05, 3.63) is 51.3 Å². The molecule has 1 heterocycles. The first kappa shape index (κ1) is 17.5. The molecule has 0 radical (unpaired) electrons. The van der Waals surface area contributed by atoms with Crippen LogP contribution in [0, 0.1) is 6.92 Å². The fraction of sp³-hybridized carbons (Fsp3) is 0.222. The molecule has 0 N–H and O–H groups in total. The fourth-order valence-corrected chi connectivity index (χ4v) is 4.17. The lowest BCUT2D eigenvalue weighted by Crippen LogP contribution is -2.14. The molecule has 25 heavy (non-hydrogen) atoms. The fourth-order valence-electron chi connectivity index (χ4n) is 2.69. The number of hydrogen-bond acceptors (Lipinski definition) is 4. The maximum absolute atomic E-state index is 12.7. The smallest absolute Gasteiger partial charge is 0.283 e. The minimum atomic E-state index is -0.370. The zero-order chi connectivity index (χ0) is 18.1. The van der Waals surface area contributed by atoms with Gasteiger partial charge in [-0.15, -0.1) is 0 Å². The van der Waals surface area contributed by atoms with Gasteiger partial charge in [0.2, 0.25) is 0 Å². The van der Waals surface area contributed by atoms with Crippen molar-refractivity contribution in [3.8, 4) is 11.5 Å². The quantitative estimate of drug-likeness (QED) is 0.695. The lowest BCUT2D eigenvalue weighted by molar-refractivity contribution is 0.0995. The van der Waals surface area contributed by atoms with Gasteiger partial charge in [0.05, 0.1) is 30.0 Å². The van der Waals surface area contributed by atoms with E-state index in [0.717, 1.165) is 15.8 Å².